The number of hydrogen-bond acceptors (Lipinski definition) is 6. The topological polar surface area (TPSA) is 89.5 Å². The van der Waals surface area contributed by atoms with Crippen LogP contribution < -0.4 is 20.1 Å². The third-order valence-corrected chi connectivity index (χ3v) is 7.21. The van der Waals surface area contributed by atoms with Gasteiger partial charge in [0.1, 0.15) is 0 Å². The normalized spacial score (nSPS) is 18.6. The van der Waals surface area contributed by atoms with Crippen molar-refractivity contribution in [1.29, 1.82) is 0 Å². The number of ether oxygens (including phenoxy) is 2. The highest BCUT2D eigenvalue weighted by Crippen LogP contribution is 2.36. The van der Waals surface area contributed by atoms with Crippen LogP contribution in [0.5, 0.6) is 11.5 Å². The summed E-state index contributed by atoms with van der Waals surface area (Å²) in [6.07, 6.45) is 3.55. The molecule has 34 heavy (non-hydrogen) atoms. The van der Waals surface area contributed by atoms with E-state index in [4.69, 9.17) is 9.47 Å². The number of rotatable bonds is 9. The number of carbonyl (C=O) groups is 2. The molecule has 1 atom stereocenters. The summed E-state index contributed by atoms with van der Waals surface area (Å²) in [7, 11) is 0. The molecule has 8 heteroatoms. The minimum absolute atomic E-state index is 0.0366. The lowest BCUT2D eigenvalue weighted by atomic mass is 9.85. The Balaban J connectivity index is 1.14. The lowest BCUT2D eigenvalue weighted by Gasteiger charge is -2.29. The van der Waals surface area contributed by atoms with Crippen molar-refractivity contribution in [3.05, 3.63) is 75.7 Å². The molecule has 2 amide bonds. The van der Waals surface area contributed by atoms with E-state index in [1.54, 1.807) is 11.3 Å². The first-order chi connectivity index (χ1) is 16.6. The molecule has 0 radical (unpaired) electrons. The average Bonchev–Trinajstić information content (AvgIpc) is 3.57. The SMILES string of the molecule is O=C(CCC1(Cc2ccc3c(c2)OCO3)CCC(=O)N1)NCc1csc(Cc2ccccc2)n1. The van der Waals surface area contributed by atoms with E-state index in [-0.39, 0.29) is 18.6 Å². The minimum Gasteiger partial charge on any atom is -0.454 e. The Labute approximate surface area is 202 Å². The molecule has 2 N–H and O–H groups in total. The third kappa shape index (κ3) is 5.39. The summed E-state index contributed by atoms with van der Waals surface area (Å²) in [5.74, 6) is 1.46. The highest BCUT2D eigenvalue weighted by molar-refractivity contribution is 7.09. The van der Waals surface area contributed by atoms with Crippen LogP contribution in [0.25, 0.3) is 0 Å². The maximum Gasteiger partial charge on any atom is 0.231 e. The molecule has 3 heterocycles. The Morgan fingerprint density at radius 2 is 1.97 bits per heavy atom. The zero-order valence-electron chi connectivity index (χ0n) is 18.8. The molecule has 1 unspecified atom stereocenters. The second kappa shape index (κ2) is 9.85. The average molecular weight is 478 g/mol. The van der Waals surface area contributed by atoms with Crippen molar-refractivity contribution in [2.45, 2.75) is 50.6 Å². The molecule has 0 bridgehead atoms. The summed E-state index contributed by atoms with van der Waals surface area (Å²) in [5.41, 5.74) is 2.72. The molecule has 5 rings (SSSR count). The van der Waals surface area contributed by atoms with Crippen molar-refractivity contribution in [2.75, 3.05) is 6.79 Å². The van der Waals surface area contributed by atoms with E-state index < -0.39 is 5.54 Å². The molecular weight excluding hydrogens is 450 g/mol. The van der Waals surface area contributed by atoms with Crippen molar-refractivity contribution >= 4 is 23.2 Å². The zero-order chi connectivity index (χ0) is 23.4. The van der Waals surface area contributed by atoms with Crippen LogP contribution in [0.1, 0.15) is 47.5 Å². The molecule has 7 nitrogen and oxygen atoms in total. The summed E-state index contributed by atoms with van der Waals surface area (Å²) in [5, 5.41) is 9.15. The second-order valence-corrected chi connectivity index (χ2v) is 9.81. The van der Waals surface area contributed by atoms with E-state index in [9.17, 15) is 9.59 Å². The van der Waals surface area contributed by atoms with Crippen LogP contribution >= 0.6 is 11.3 Å². The number of fused-ring (bicyclic) bond motifs is 1. The molecule has 1 saturated heterocycles. The molecule has 176 valence electrons. The van der Waals surface area contributed by atoms with Gasteiger partial charge in [-0.2, -0.15) is 0 Å². The Kier molecular flexibility index (Phi) is 6.49. The standard InChI is InChI=1S/C26H27N3O4S/c30-23(27-15-20-16-34-25(28-20)13-18-4-2-1-3-5-18)8-10-26(11-9-24(31)29-26)14-19-6-7-21-22(12-19)33-17-32-21/h1-7,12,16H,8-11,13-15,17H2,(H,27,30)(H,29,31). The van der Waals surface area contributed by atoms with Crippen LogP contribution in [-0.2, 0) is 29.0 Å². The van der Waals surface area contributed by atoms with Gasteiger partial charge >= 0.3 is 0 Å². The van der Waals surface area contributed by atoms with Gasteiger partial charge in [-0.05, 0) is 42.5 Å². The van der Waals surface area contributed by atoms with E-state index in [0.717, 1.165) is 34.2 Å². The number of benzene rings is 2. The Bertz CT molecular complexity index is 1180. The van der Waals surface area contributed by atoms with Crippen LogP contribution in [0.3, 0.4) is 0 Å². The van der Waals surface area contributed by atoms with Gasteiger partial charge in [0.2, 0.25) is 18.6 Å². The van der Waals surface area contributed by atoms with Crippen molar-refractivity contribution < 1.29 is 19.1 Å². The van der Waals surface area contributed by atoms with Gasteiger partial charge in [-0.1, -0.05) is 36.4 Å². The van der Waals surface area contributed by atoms with Gasteiger partial charge in [0, 0.05) is 30.2 Å². The molecule has 0 aliphatic carbocycles. The molecule has 2 aliphatic rings. The zero-order valence-corrected chi connectivity index (χ0v) is 19.7. The maximum absolute atomic E-state index is 12.6. The van der Waals surface area contributed by atoms with Crippen LogP contribution in [0, 0.1) is 0 Å². The monoisotopic (exact) mass is 477 g/mol. The Morgan fingerprint density at radius 1 is 1.12 bits per heavy atom. The van der Waals surface area contributed by atoms with Gasteiger partial charge in [0.15, 0.2) is 11.5 Å². The van der Waals surface area contributed by atoms with Gasteiger partial charge < -0.3 is 20.1 Å². The second-order valence-electron chi connectivity index (χ2n) is 8.86. The van der Waals surface area contributed by atoms with Crippen molar-refractivity contribution in [3.8, 4) is 11.5 Å². The first-order valence-corrected chi connectivity index (χ1v) is 12.4. The highest BCUT2D eigenvalue weighted by Gasteiger charge is 2.38. The smallest absolute Gasteiger partial charge is 0.231 e. The molecule has 2 aromatic carbocycles. The van der Waals surface area contributed by atoms with Crippen molar-refractivity contribution in [2.24, 2.45) is 0 Å². The largest absolute Gasteiger partial charge is 0.454 e. The van der Waals surface area contributed by atoms with E-state index in [1.807, 2.05) is 41.8 Å². The van der Waals surface area contributed by atoms with Crippen LogP contribution in [-0.4, -0.2) is 29.1 Å². The summed E-state index contributed by atoms with van der Waals surface area (Å²) in [6.45, 7) is 0.638. The molecular formula is C26H27N3O4S. The fourth-order valence-corrected chi connectivity index (χ4v) is 5.36. The van der Waals surface area contributed by atoms with Gasteiger partial charge in [-0.25, -0.2) is 4.98 Å². The van der Waals surface area contributed by atoms with Crippen molar-refractivity contribution in [1.82, 2.24) is 15.6 Å². The highest BCUT2D eigenvalue weighted by atomic mass is 32.1. The van der Waals surface area contributed by atoms with Crippen molar-refractivity contribution in [3.63, 3.8) is 0 Å². The van der Waals surface area contributed by atoms with Crippen LogP contribution in [0.4, 0.5) is 0 Å². The lowest BCUT2D eigenvalue weighted by molar-refractivity contribution is -0.122. The fourth-order valence-electron chi connectivity index (χ4n) is 4.54. The predicted molar refractivity (Wildman–Crippen MR) is 129 cm³/mol. The molecule has 1 aromatic heterocycles. The summed E-state index contributed by atoms with van der Waals surface area (Å²) in [6, 6.07) is 16.1. The number of nitrogens with one attached hydrogen (secondary N) is 2. The third-order valence-electron chi connectivity index (χ3n) is 6.31. The quantitative estimate of drug-likeness (QED) is 0.490. The van der Waals surface area contributed by atoms with E-state index in [2.05, 4.69) is 27.8 Å². The molecule has 3 aromatic rings. The molecule has 0 saturated carbocycles. The van der Waals surface area contributed by atoms with Gasteiger partial charge in [-0.15, -0.1) is 11.3 Å². The van der Waals surface area contributed by atoms with Gasteiger partial charge in [0.05, 0.1) is 17.2 Å². The first-order valence-electron chi connectivity index (χ1n) is 11.5. The van der Waals surface area contributed by atoms with Gasteiger partial charge in [0.25, 0.3) is 0 Å². The lowest BCUT2D eigenvalue weighted by Crippen LogP contribution is -2.44. The van der Waals surface area contributed by atoms with E-state index >= 15 is 0 Å². The minimum atomic E-state index is -0.425. The number of nitrogens with zero attached hydrogens (tertiary/aromatic N) is 1. The van der Waals surface area contributed by atoms with Gasteiger partial charge in [-0.3, -0.25) is 9.59 Å². The fraction of sp³-hybridized carbons (Fsp3) is 0.346. The summed E-state index contributed by atoms with van der Waals surface area (Å²) >= 11 is 1.61. The van der Waals surface area contributed by atoms with E-state index in [0.29, 0.717) is 38.6 Å². The number of hydrogen-bond donors (Lipinski definition) is 2. The van der Waals surface area contributed by atoms with E-state index in [1.165, 1.54) is 5.56 Å². The Morgan fingerprint density at radius 3 is 2.79 bits per heavy atom. The Hall–Kier alpha value is -3.39. The number of carbonyl (C=O) groups excluding carboxylic acids is 2. The summed E-state index contributed by atoms with van der Waals surface area (Å²) < 4.78 is 10.9. The molecule has 0 spiro atoms. The number of aromatic nitrogens is 1. The molecule has 2 aliphatic heterocycles. The molecule has 1 fully saturated rings. The predicted octanol–water partition coefficient (Wildman–Crippen LogP) is 3.75. The van der Waals surface area contributed by atoms with Crippen LogP contribution in [0.2, 0.25) is 0 Å². The first kappa shape index (κ1) is 22.4. The number of thiazole rings is 1. The van der Waals surface area contributed by atoms with Crippen LogP contribution in [0.15, 0.2) is 53.9 Å². The maximum atomic E-state index is 12.6. The number of amides is 2. The summed E-state index contributed by atoms with van der Waals surface area (Å²) in [4.78, 5) is 29.3.